The van der Waals surface area contributed by atoms with Crippen molar-refractivity contribution in [2.75, 3.05) is 23.9 Å². The van der Waals surface area contributed by atoms with Crippen molar-refractivity contribution < 1.29 is 23.5 Å². The largest absolute Gasteiger partial charge is 0.493 e. The number of thiocarbonyl (C=S) groups is 1. The predicted octanol–water partition coefficient (Wildman–Crippen LogP) is 6.53. The Morgan fingerprint density at radius 1 is 1.16 bits per heavy atom. The molecule has 2 amide bonds. The van der Waals surface area contributed by atoms with E-state index >= 15 is 0 Å². The molecule has 0 bridgehead atoms. The molecule has 190 valence electrons. The fraction of sp³-hybridized carbons (Fsp3) is 0.148. The van der Waals surface area contributed by atoms with Crippen molar-refractivity contribution in [1.82, 2.24) is 0 Å². The summed E-state index contributed by atoms with van der Waals surface area (Å²) in [6.07, 6.45) is 1.63. The third-order valence-electron chi connectivity index (χ3n) is 5.43. The van der Waals surface area contributed by atoms with Crippen molar-refractivity contribution in [2.24, 2.45) is 0 Å². The molecule has 0 aromatic heterocycles. The van der Waals surface area contributed by atoms with Gasteiger partial charge in [0.2, 0.25) is 0 Å². The van der Waals surface area contributed by atoms with Gasteiger partial charge >= 0.3 is 0 Å². The van der Waals surface area contributed by atoms with Gasteiger partial charge in [-0.3, -0.25) is 14.5 Å². The van der Waals surface area contributed by atoms with Crippen LogP contribution in [0.15, 0.2) is 59.5 Å². The summed E-state index contributed by atoms with van der Waals surface area (Å²) in [6, 6.07) is 14.5. The number of carbonyl (C=O) groups is 2. The summed E-state index contributed by atoms with van der Waals surface area (Å²) in [5.74, 6) is -0.585. The van der Waals surface area contributed by atoms with E-state index in [0.717, 1.165) is 22.9 Å². The molecular formula is C27H22ClFN2O4S2. The number of nitrogens with one attached hydrogen (secondary N) is 1. The highest BCUT2D eigenvalue weighted by Crippen LogP contribution is 2.40. The zero-order chi connectivity index (χ0) is 26.7. The number of benzene rings is 3. The molecule has 1 fully saturated rings. The number of ether oxygens (including phenoxy) is 2. The third kappa shape index (κ3) is 6.12. The normalized spacial score (nSPS) is 14.3. The first-order chi connectivity index (χ1) is 17.7. The Balaban J connectivity index is 1.49. The number of halogens is 2. The van der Waals surface area contributed by atoms with E-state index in [4.69, 9.17) is 33.3 Å². The minimum absolute atomic E-state index is 0.205. The minimum Gasteiger partial charge on any atom is -0.493 e. The van der Waals surface area contributed by atoms with E-state index in [-0.39, 0.29) is 29.2 Å². The fourth-order valence-corrected chi connectivity index (χ4v) is 5.25. The highest BCUT2D eigenvalue weighted by atomic mass is 35.5. The Morgan fingerprint density at radius 3 is 2.57 bits per heavy atom. The maximum Gasteiger partial charge on any atom is 0.270 e. The van der Waals surface area contributed by atoms with Gasteiger partial charge in [0, 0.05) is 5.69 Å². The number of hydrogen-bond acceptors (Lipinski definition) is 6. The lowest BCUT2D eigenvalue weighted by molar-refractivity contribution is -0.118. The summed E-state index contributed by atoms with van der Waals surface area (Å²) in [7, 11) is 1.45. The lowest BCUT2D eigenvalue weighted by atomic mass is 10.1. The minimum atomic E-state index is -0.406. The SMILES string of the molecule is COc1cc(/C=C2\SC(=S)N(c3ccc(F)cc3)C2=O)cc(Cl)c1OCC(=O)Nc1ccc(C)cc1C. The quantitative estimate of drug-likeness (QED) is 0.264. The first-order valence-corrected chi connectivity index (χ1v) is 12.7. The Kier molecular flexibility index (Phi) is 8.16. The summed E-state index contributed by atoms with van der Waals surface area (Å²) >= 11 is 12.9. The topological polar surface area (TPSA) is 67.9 Å². The number of amides is 2. The summed E-state index contributed by atoms with van der Waals surface area (Å²) in [5.41, 5.74) is 3.80. The van der Waals surface area contributed by atoms with Gasteiger partial charge in [-0.25, -0.2) is 4.39 Å². The number of carbonyl (C=O) groups excluding carboxylic acids is 2. The molecule has 0 saturated carbocycles. The number of aryl methyl sites for hydroxylation is 2. The smallest absolute Gasteiger partial charge is 0.270 e. The number of rotatable bonds is 7. The monoisotopic (exact) mass is 556 g/mol. The van der Waals surface area contributed by atoms with Crippen LogP contribution in [0.3, 0.4) is 0 Å². The van der Waals surface area contributed by atoms with Crippen molar-refractivity contribution in [3.63, 3.8) is 0 Å². The average molecular weight is 557 g/mol. The first kappa shape index (κ1) is 26.7. The van der Waals surface area contributed by atoms with Crippen LogP contribution in [0.5, 0.6) is 11.5 Å². The van der Waals surface area contributed by atoms with Crippen LogP contribution in [0.1, 0.15) is 16.7 Å². The Hall–Kier alpha value is -3.40. The van der Waals surface area contributed by atoms with E-state index in [1.807, 2.05) is 32.0 Å². The molecule has 3 aromatic rings. The number of anilines is 2. The van der Waals surface area contributed by atoms with Gasteiger partial charge in [0.15, 0.2) is 22.4 Å². The van der Waals surface area contributed by atoms with Gasteiger partial charge in [-0.1, -0.05) is 53.3 Å². The predicted molar refractivity (Wildman–Crippen MR) is 150 cm³/mol. The third-order valence-corrected chi connectivity index (χ3v) is 7.01. The second-order valence-corrected chi connectivity index (χ2v) is 10.3. The molecule has 1 N–H and O–H groups in total. The van der Waals surface area contributed by atoms with Crippen LogP contribution in [-0.2, 0) is 9.59 Å². The standard InChI is InChI=1S/C27H22ClFN2O4S2/c1-15-4-9-21(16(2)10-15)30-24(32)14-35-25-20(28)11-17(12-22(25)34-3)13-23-26(33)31(27(36)37-23)19-7-5-18(29)6-8-19/h4-13H,14H2,1-3H3,(H,30,32)/b23-13-. The lowest BCUT2D eigenvalue weighted by Gasteiger charge is -2.14. The van der Waals surface area contributed by atoms with Crippen molar-refractivity contribution in [3.05, 3.63) is 87.0 Å². The summed E-state index contributed by atoms with van der Waals surface area (Å²) < 4.78 is 24.7. The van der Waals surface area contributed by atoms with Crippen molar-refractivity contribution >= 4 is 69.2 Å². The molecular weight excluding hydrogens is 535 g/mol. The van der Waals surface area contributed by atoms with E-state index in [1.165, 1.54) is 36.3 Å². The number of nitrogens with zero attached hydrogens (tertiary/aromatic N) is 1. The molecule has 0 unspecified atom stereocenters. The van der Waals surface area contributed by atoms with Crippen LogP contribution in [0.4, 0.5) is 15.8 Å². The van der Waals surface area contributed by atoms with E-state index < -0.39 is 5.82 Å². The molecule has 10 heteroatoms. The summed E-state index contributed by atoms with van der Waals surface area (Å²) in [4.78, 5) is 27.2. The van der Waals surface area contributed by atoms with Crippen LogP contribution >= 0.6 is 35.6 Å². The molecule has 3 aromatic carbocycles. The zero-order valence-corrected chi connectivity index (χ0v) is 22.5. The lowest BCUT2D eigenvalue weighted by Crippen LogP contribution is -2.27. The molecule has 1 aliphatic rings. The van der Waals surface area contributed by atoms with E-state index in [2.05, 4.69) is 5.32 Å². The van der Waals surface area contributed by atoms with Crippen LogP contribution in [0, 0.1) is 19.7 Å². The maximum absolute atomic E-state index is 13.3. The Labute approximate surface area is 228 Å². The van der Waals surface area contributed by atoms with Gasteiger partial charge in [-0.05, 0) is 73.5 Å². The van der Waals surface area contributed by atoms with Crippen LogP contribution < -0.4 is 19.7 Å². The van der Waals surface area contributed by atoms with Gasteiger partial charge < -0.3 is 14.8 Å². The highest BCUT2D eigenvalue weighted by molar-refractivity contribution is 8.27. The molecule has 37 heavy (non-hydrogen) atoms. The molecule has 0 aliphatic carbocycles. The fourth-order valence-electron chi connectivity index (χ4n) is 3.67. The molecule has 1 aliphatic heterocycles. The Bertz CT molecular complexity index is 1430. The molecule has 4 rings (SSSR count). The van der Waals surface area contributed by atoms with Gasteiger partial charge in [0.05, 0.1) is 22.7 Å². The van der Waals surface area contributed by atoms with E-state index in [1.54, 1.807) is 18.2 Å². The average Bonchev–Trinajstić information content (AvgIpc) is 3.13. The number of methoxy groups -OCH3 is 1. The number of hydrogen-bond donors (Lipinski definition) is 1. The van der Waals surface area contributed by atoms with Gasteiger partial charge in [-0.15, -0.1) is 0 Å². The van der Waals surface area contributed by atoms with Gasteiger partial charge in [0.25, 0.3) is 11.8 Å². The molecule has 0 radical (unpaired) electrons. The second-order valence-electron chi connectivity index (χ2n) is 8.18. The van der Waals surface area contributed by atoms with Crippen LogP contribution in [0.25, 0.3) is 6.08 Å². The van der Waals surface area contributed by atoms with Crippen LogP contribution in [-0.4, -0.2) is 29.9 Å². The van der Waals surface area contributed by atoms with Gasteiger partial charge in [-0.2, -0.15) is 0 Å². The van der Waals surface area contributed by atoms with Gasteiger partial charge in [0.1, 0.15) is 5.82 Å². The second kappa shape index (κ2) is 11.3. The molecule has 0 atom stereocenters. The first-order valence-electron chi connectivity index (χ1n) is 11.1. The van der Waals surface area contributed by atoms with E-state index in [9.17, 15) is 14.0 Å². The molecule has 1 heterocycles. The molecule has 6 nitrogen and oxygen atoms in total. The zero-order valence-electron chi connectivity index (χ0n) is 20.1. The maximum atomic E-state index is 13.3. The number of thioether (sulfide) groups is 1. The summed E-state index contributed by atoms with van der Waals surface area (Å²) in [5, 5.41) is 3.03. The van der Waals surface area contributed by atoms with E-state index in [0.29, 0.717) is 31.9 Å². The summed E-state index contributed by atoms with van der Waals surface area (Å²) in [6.45, 7) is 3.61. The van der Waals surface area contributed by atoms with Crippen LogP contribution in [0.2, 0.25) is 5.02 Å². The van der Waals surface area contributed by atoms with Crippen molar-refractivity contribution in [2.45, 2.75) is 13.8 Å². The molecule has 1 saturated heterocycles. The van der Waals surface area contributed by atoms with Crippen molar-refractivity contribution in [1.29, 1.82) is 0 Å². The Morgan fingerprint density at radius 2 is 1.89 bits per heavy atom. The van der Waals surface area contributed by atoms with Crippen molar-refractivity contribution in [3.8, 4) is 11.5 Å². The highest BCUT2D eigenvalue weighted by Gasteiger charge is 2.33. The molecule has 0 spiro atoms.